The van der Waals surface area contributed by atoms with Crippen LogP contribution in [0, 0.1) is 0 Å². The number of halogens is 5. The van der Waals surface area contributed by atoms with Crippen LogP contribution in [0.3, 0.4) is 0 Å². The molecule has 0 aliphatic heterocycles. The molecule has 0 saturated carbocycles. The first-order valence-corrected chi connectivity index (χ1v) is 12.4. The Morgan fingerprint density at radius 1 is 1.08 bits per heavy atom. The molecule has 208 valence electrons. The van der Waals surface area contributed by atoms with Gasteiger partial charge in [-0.15, -0.1) is 10.2 Å². The molecule has 0 radical (unpaired) electrons. The number of aromatic nitrogens is 6. The molecule has 1 unspecified atom stereocenters. The number of nitrogens with one attached hydrogen (secondary N) is 1. The first kappa shape index (κ1) is 28.6. The number of anilines is 1. The van der Waals surface area contributed by atoms with Gasteiger partial charge in [0.2, 0.25) is 5.95 Å². The van der Waals surface area contributed by atoms with E-state index in [0.717, 1.165) is 9.25 Å². The maximum Gasteiger partial charge on any atom is 0.416 e. The second kappa shape index (κ2) is 11.0. The lowest BCUT2D eigenvalue weighted by Crippen LogP contribution is -2.40. The largest absolute Gasteiger partial charge is 0.416 e. The van der Waals surface area contributed by atoms with E-state index in [1.165, 1.54) is 28.9 Å². The van der Waals surface area contributed by atoms with Crippen LogP contribution < -0.4 is 16.7 Å². The van der Waals surface area contributed by atoms with Crippen molar-refractivity contribution in [1.82, 2.24) is 29.1 Å². The summed E-state index contributed by atoms with van der Waals surface area (Å²) in [5, 5.41) is 22.3. The zero-order valence-electron chi connectivity index (χ0n) is 20.8. The number of nitrogens with zero attached hydrogens (tertiary/aromatic N) is 6. The number of aliphatic hydroxyl groups is 1. The van der Waals surface area contributed by atoms with Gasteiger partial charge in [0.25, 0.3) is 0 Å². The van der Waals surface area contributed by atoms with E-state index in [4.69, 9.17) is 28.9 Å². The maximum absolute atomic E-state index is 13.2. The molecule has 1 atom stereocenters. The zero-order valence-corrected chi connectivity index (χ0v) is 22.3. The van der Waals surface area contributed by atoms with Gasteiger partial charge >= 0.3 is 11.9 Å². The molecule has 0 bridgehead atoms. The van der Waals surface area contributed by atoms with Crippen LogP contribution in [0.2, 0.25) is 10.0 Å². The molecule has 10 nitrogen and oxygen atoms in total. The van der Waals surface area contributed by atoms with Crippen LogP contribution in [0.1, 0.15) is 19.7 Å². The van der Waals surface area contributed by atoms with Gasteiger partial charge in [-0.2, -0.15) is 22.8 Å². The Kier molecular flexibility index (Phi) is 8.07. The molecular formula is C24H25Cl2F3N8O2. The van der Waals surface area contributed by atoms with Crippen molar-refractivity contribution in [2.75, 3.05) is 11.9 Å². The van der Waals surface area contributed by atoms with E-state index in [9.17, 15) is 23.1 Å². The Hall–Kier alpha value is -3.39. The molecule has 0 fully saturated rings. The van der Waals surface area contributed by atoms with Gasteiger partial charge in [-0.3, -0.25) is 4.57 Å². The molecular weight excluding hydrogens is 560 g/mol. The SMILES string of the molecule is CC(C)(N)CNc1nc(Cn2nc(-c3ccc(Cl)cc3)n(CC(O)C(F)(F)F)c2=O)nn1-c1ccccc1Cl. The van der Waals surface area contributed by atoms with Crippen LogP contribution >= 0.6 is 23.2 Å². The van der Waals surface area contributed by atoms with E-state index in [1.807, 2.05) is 13.8 Å². The molecule has 0 saturated heterocycles. The number of alkyl halides is 3. The quantitative estimate of drug-likeness (QED) is 0.273. The van der Waals surface area contributed by atoms with Crippen molar-refractivity contribution < 1.29 is 18.3 Å². The number of nitrogens with two attached hydrogens (primary N) is 1. The fourth-order valence-corrected chi connectivity index (χ4v) is 3.91. The third kappa shape index (κ3) is 6.79. The minimum Gasteiger partial charge on any atom is -0.382 e. The first-order valence-electron chi connectivity index (χ1n) is 11.6. The molecule has 2 aromatic carbocycles. The Bertz CT molecular complexity index is 1510. The number of para-hydroxylation sites is 1. The molecule has 15 heteroatoms. The standard InChI is InChI=1S/C24H25Cl2F3N8O2/c1-23(2,30)13-31-21-32-19(33-37(21)17-6-4-3-5-16(17)26)12-36-22(39)35(11-18(38)24(27,28)29)20(34-36)14-7-9-15(25)10-8-14/h3-10,18,38H,11-13,30H2,1-2H3,(H,31,32,33). The van der Waals surface area contributed by atoms with Crippen molar-refractivity contribution in [3.63, 3.8) is 0 Å². The summed E-state index contributed by atoms with van der Waals surface area (Å²) in [6, 6.07) is 12.9. The molecule has 4 aromatic rings. The molecule has 0 spiro atoms. The number of rotatable bonds is 9. The Morgan fingerprint density at radius 3 is 2.36 bits per heavy atom. The number of hydrogen-bond donors (Lipinski definition) is 3. The van der Waals surface area contributed by atoms with Crippen LogP contribution in [-0.4, -0.2) is 58.6 Å². The van der Waals surface area contributed by atoms with Crippen molar-refractivity contribution in [2.24, 2.45) is 5.73 Å². The predicted molar refractivity (Wildman–Crippen MR) is 141 cm³/mol. The highest BCUT2D eigenvalue weighted by atomic mass is 35.5. The van der Waals surface area contributed by atoms with E-state index >= 15 is 0 Å². The minimum absolute atomic E-state index is 0.0891. The Labute approximate surface area is 230 Å². The van der Waals surface area contributed by atoms with E-state index in [1.54, 1.807) is 24.3 Å². The summed E-state index contributed by atoms with van der Waals surface area (Å²) in [6.07, 6.45) is -7.72. The Morgan fingerprint density at radius 2 is 1.74 bits per heavy atom. The maximum atomic E-state index is 13.2. The van der Waals surface area contributed by atoms with Crippen molar-refractivity contribution in [1.29, 1.82) is 0 Å². The first-order chi connectivity index (χ1) is 18.2. The van der Waals surface area contributed by atoms with Gasteiger partial charge in [0.15, 0.2) is 17.8 Å². The highest BCUT2D eigenvalue weighted by Crippen LogP contribution is 2.25. The van der Waals surface area contributed by atoms with Gasteiger partial charge in [0, 0.05) is 22.7 Å². The molecule has 0 aliphatic carbocycles. The summed E-state index contributed by atoms with van der Waals surface area (Å²) in [5.74, 6) is 0.321. The summed E-state index contributed by atoms with van der Waals surface area (Å²) >= 11 is 12.3. The second-order valence-corrected chi connectivity index (χ2v) is 10.3. The summed E-state index contributed by atoms with van der Waals surface area (Å²) in [4.78, 5) is 17.7. The number of aliphatic hydroxyl groups excluding tert-OH is 1. The topological polar surface area (TPSA) is 129 Å². The fourth-order valence-electron chi connectivity index (χ4n) is 3.57. The summed E-state index contributed by atoms with van der Waals surface area (Å²) in [6.45, 7) is 2.61. The molecule has 0 amide bonds. The second-order valence-electron chi connectivity index (χ2n) is 9.50. The minimum atomic E-state index is -4.94. The van der Waals surface area contributed by atoms with E-state index in [2.05, 4.69) is 20.5 Å². The van der Waals surface area contributed by atoms with Crippen molar-refractivity contribution >= 4 is 29.2 Å². The molecule has 4 N–H and O–H groups in total. The highest BCUT2D eigenvalue weighted by Gasteiger charge is 2.39. The lowest BCUT2D eigenvalue weighted by atomic mass is 10.1. The summed E-state index contributed by atoms with van der Waals surface area (Å²) in [5.41, 5.74) is 5.43. The van der Waals surface area contributed by atoms with Crippen molar-refractivity contribution in [2.45, 2.75) is 44.8 Å². The van der Waals surface area contributed by atoms with Gasteiger partial charge in [0.1, 0.15) is 6.54 Å². The van der Waals surface area contributed by atoms with Gasteiger partial charge < -0.3 is 16.2 Å². The number of benzene rings is 2. The third-order valence-corrected chi connectivity index (χ3v) is 6.06. The van der Waals surface area contributed by atoms with Crippen LogP contribution in [0.5, 0.6) is 0 Å². The number of hydrogen-bond acceptors (Lipinski definition) is 7. The lowest BCUT2D eigenvalue weighted by molar-refractivity contribution is -0.207. The Balaban J connectivity index is 1.76. The molecule has 0 aliphatic rings. The van der Waals surface area contributed by atoms with Crippen molar-refractivity contribution in [3.8, 4) is 17.1 Å². The summed E-state index contributed by atoms with van der Waals surface area (Å²) < 4.78 is 42.6. The van der Waals surface area contributed by atoms with Gasteiger partial charge in [-0.25, -0.2) is 9.48 Å². The summed E-state index contributed by atoms with van der Waals surface area (Å²) in [7, 11) is 0. The highest BCUT2D eigenvalue weighted by molar-refractivity contribution is 6.32. The average molecular weight is 585 g/mol. The van der Waals surface area contributed by atoms with Crippen LogP contribution in [0.25, 0.3) is 17.1 Å². The predicted octanol–water partition coefficient (Wildman–Crippen LogP) is 3.72. The van der Waals surface area contributed by atoms with Crippen molar-refractivity contribution in [3.05, 3.63) is 74.9 Å². The molecule has 2 heterocycles. The van der Waals surface area contributed by atoms with Crippen LogP contribution in [0.4, 0.5) is 19.1 Å². The monoisotopic (exact) mass is 584 g/mol. The molecule has 39 heavy (non-hydrogen) atoms. The molecule has 4 rings (SSSR count). The van der Waals surface area contributed by atoms with E-state index < -0.39 is 30.1 Å². The normalized spacial score (nSPS) is 13.1. The van der Waals surface area contributed by atoms with Crippen LogP contribution in [0.15, 0.2) is 53.3 Å². The van der Waals surface area contributed by atoms with Gasteiger partial charge in [-0.05, 0) is 50.2 Å². The zero-order chi connectivity index (χ0) is 28.5. The van der Waals surface area contributed by atoms with E-state index in [0.29, 0.717) is 27.8 Å². The van der Waals surface area contributed by atoms with Crippen LogP contribution in [-0.2, 0) is 13.1 Å². The lowest BCUT2D eigenvalue weighted by Gasteiger charge is -2.19. The third-order valence-electron chi connectivity index (χ3n) is 5.48. The van der Waals surface area contributed by atoms with Gasteiger partial charge in [-0.1, -0.05) is 35.3 Å². The fraction of sp³-hybridized carbons (Fsp3) is 0.333. The van der Waals surface area contributed by atoms with Gasteiger partial charge in [0.05, 0.1) is 17.3 Å². The smallest absolute Gasteiger partial charge is 0.382 e. The average Bonchev–Trinajstić information content (AvgIpc) is 3.39. The molecule has 2 aromatic heterocycles. The van der Waals surface area contributed by atoms with E-state index in [-0.39, 0.29) is 24.1 Å².